The molecule has 120 valence electrons. The molecular weight excluding hydrogens is 311 g/mol. The van der Waals surface area contributed by atoms with Crippen molar-refractivity contribution in [2.24, 2.45) is 0 Å². The second-order valence-electron chi connectivity index (χ2n) is 5.19. The molecule has 5 nitrogen and oxygen atoms in total. The molecule has 24 heavy (non-hydrogen) atoms. The standard InChI is InChI=1S/C18H13FN2O3/c1-23-16-7-6-11(8-13(16)19)9-15(22)12(10-20)18-21-14-4-2-3-5-17(14)24-18/h2-8,12H,9H2,1H3/t12-/m1/s1. The molecule has 0 bridgehead atoms. The van der Waals surface area contributed by atoms with Crippen LogP contribution in [0.5, 0.6) is 5.75 Å². The summed E-state index contributed by atoms with van der Waals surface area (Å²) in [5.41, 5.74) is 1.54. The number of Topliss-reactive ketones (excluding diaryl/α,β-unsaturated/α-hetero) is 1. The molecule has 0 radical (unpaired) electrons. The SMILES string of the molecule is COc1ccc(CC(=O)[C@@H](C#N)c2nc3ccccc3o2)cc1F. The maximum Gasteiger partial charge on any atom is 0.220 e. The van der Waals surface area contributed by atoms with Crippen LogP contribution in [0, 0.1) is 17.1 Å². The maximum atomic E-state index is 13.7. The lowest BCUT2D eigenvalue weighted by atomic mass is 9.99. The number of carbonyl (C=O) groups excluding carboxylic acids is 1. The molecule has 0 unspecified atom stereocenters. The third-order valence-corrected chi connectivity index (χ3v) is 3.60. The lowest BCUT2D eigenvalue weighted by molar-refractivity contribution is -0.119. The van der Waals surface area contributed by atoms with Gasteiger partial charge in [0, 0.05) is 6.42 Å². The maximum absolute atomic E-state index is 13.7. The van der Waals surface area contributed by atoms with Crippen LogP contribution in [0.15, 0.2) is 46.9 Å². The van der Waals surface area contributed by atoms with E-state index in [1.165, 1.54) is 19.2 Å². The van der Waals surface area contributed by atoms with Gasteiger partial charge < -0.3 is 9.15 Å². The Balaban J connectivity index is 1.84. The van der Waals surface area contributed by atoms with Crippen LogP contribution >= 0.6 is 0 Å². The molecule has 2 aromatic carbocycles. The lowest BCUT2D eigenvalue weighted by Crippen LogP contribution is -2.14. The Bertz CT molecular complexity index is 910. The molecule has 1 heterocycles. The first kappa shape index (κ1) is 15.7. The summed E-state index contributed by atoms with van der Waals surface area (Å²) in [6, 6.07) is 13.2. The normalized spacial score (nSPS) is 11.9. The van der Waals surface area contributed by atoms with Crippen LogP contribution in [0.2, 0.25) is 0 Å². The summed E-state index contributed by atoms with van der Waals surface area (Å²) < 4.78 is 24.0. The van der Waals surface area contributed by atoms with Gasteiger partial charge in [0.15, 0.2) is 28.9 Å². The van der Waals surface area contributed by atoms with Crippen molar-refractivity contribution >= 4 is 16.9 Å². The van der Waals surface area contributed by atoms with E-state index in [0.717, 1.165) is 0 Å². The van der Waals surface area contributed by atoms with E-state index in [-0.39, 0.29) is 18.1 Å². The number of hydrogen-bond donors (Lipinski definition) is 0. The molecule has 6 heteroatoms. The fourth-order valence-electron chi connectivity index (χ4n) is 2.40. The van der Waals surface area contributed by atoms with Crippen LogP contribution in [-0.2, 0) is 11.2 Å². The molecular formula is C18H13FN2O3. The summed E-state index contributed by atoms with van der Waals surface area (Å²) in [6.45, 7) is 0. The second kappa shape index (κ2) is 6.50. The number of nitrogens with zero attached hydrogens (tertiary/aromatic N) is 2. The summed E-state index contributed by atoms with van der Waals surface area (Å²) in [4.78, 5) is 16.6. The number of nitriles is 1. The minimum atomic E-state index is -1.14. The number of carbonyl (C=O) groups is 1. The number of benzene rings is 2. The highest BCUT2D eigenvalue weighted by Gasteiger charge is 2.26. The monoisotopic (exact) mass is 324 g/mol. The number of aromatic nitrogens is 1. The van der Waals surface area contributed by atoms with Crippen LogP contribution in [0.3, 0.4) is 0 Å². The van der Waals surface area contributed by atoms with E-state index < -0.39 is 17.5 Å². The summed E-state index contributed by atoms with van der Waals surface area (Å²) in [6.07, 6.45) is -0.0993. The van der Waals surface area contributed by atoms with Crippen molar-refractivity contribution < 1.29 is 18.3 Å². The van der Waals surface area contributed by atoms with Gasteiger partial charge in [-0.3, -0.25) is 4.79 Å². The van der Waals surface area contributed by atoms with Crippen molar-refractivity contribution in [3.63, 3.8) is 0 Å². The molecule has 0 fully saturated rings. The van der Waals surface area contributed by atoms with E-state index in [0.29, 0.717) is 16.7 Å². The zero-order valence-electron chi connectivity index (χ0n) is 12.8. The van der Waals surface area contributed by atoms with Gasteiger partial charge in [0.05, 0.1) is 13.2 Å². The van der Waals surface area contributed by atoms with Gasteiger partial charge in [-0.25, -0.2) is 9.37 Å². The van der Waals surface area contributed by atoms with Crippen molar-refractivity contribution in [1.29, 1.82) is 5.26 Å². The number of methoxy groups -OCH3 is 1. The largest absolute Gasteiger partial charge is 0.494 e. The van der Waals surface area contributed by atoms with E-state index in [9.17, 15) is 14.4 Å². The Labute approximate surface area is 137 Å². The van der Waals surface area contributed by atoms with Crippen LogP contribution in [0.1, 0.15) is 17.4 Å². The van der Waals surface area contributed by atoms with Crippen molar-refractivity contribution in [3.05, 3.63) is 59.7 Å². The van der Waals surface area contributed by atoms with Crippen molar-refractivity contribution in [2.45, 2.75) is 12.3 Å². The van der Waals surface area contributed by atoms with Gasteiger partial charge in [0.1, 0.15) is 5.52 Å². The highest BCUT2D eigenvalue weighted by atomic mass is 19.1. The first-order valence-corrected chi connectivity index (χ1v) is 7.22. The summed E-state index contributed by atoms with van der Waals surface area (Å²) in [7, 11) is 1.36. The number of fused-ring (bicyclic) bond motifs is 1. The predicted molar refractivity (Wildman–Crippen MR) is 84.0 cm³/mol. The van der Waals surface area contributed by atoms with E-state index in [1.54, 1.807) is 30.3 Å². The topological polar surface area (TPSA) is 76.1 Å². The number of rotatable bonds is 5. The number of oxazole rings is 1. The van der Waals surface area contributed by atoms with Gasteiger partial charge in [-0.1, -0.05) is 18.2 Å². The highest BCUT2D eigenvalue weighted by Crippen LogP contribution is 2.24. The van der Waals surface area contributed by atoms with Gasteiger partial charge in [0.25, 0.3) is 0 Å². The summed E-state index contributed by atoms with van der Waals surface area (Å²) in [5, 5.41) is 9.32. The molecule has 0 aliphatic heterocycles. The fraction of sp³-hybridized carbons (Fsp3) is 0.167. The molecule has 0 aliphatic rings. The number of halogens is 1. The quantitative estimate of drug-likeness (QED) is 0.719. The molecule has 0 saturated heterocycles. The van der Waals surface area contributed by atoms with Gasteiger partial charge in [0.2, 0.25) is 5.89 Å². The average molecular weight is 324 g/mol. The van der Waals surface area contributed by atoms with Crippen LogP contribution < -0.4 is 4.74 Å². The molecule has 3 aromatic rings. The van der Waals surface area contributed by atoms with Gasteiger partial charge >= 0.3 is 0 Å². The van der Waals surface area contributed by atoms with Crippen LogP contribution in [0.25, 0.3) is 11.1 Å². The zero-order chi connectivity index (χ0) is 17.1. The Morgan fingerprint density at radius 2 is 2.17 bits per heavy atom. The summed E-state index contributed by atoms with van der Waals surface area (Å²) >= 11 is 0. The van der Waals surface area contributed by atoms with Crippen LogP contribution in [0.4, 0.5) is 4.39 Å². The second-order valence-corrected chi connectivity index (χ2v) is 5.19. The number of hydrogen-bond acceptors (Lipinski definition) is 5. The Morgan fingerprint density at radius 3 is 2.83 bits per heavy atom. The third-order valence-electron chi connectivity index (χ3n) is 3.60. The first-order chi connectivity index (χ1) is 11.6. The molecule has 1 aromatic heterocycles. The smallest absolute Gasteiger partial charge is 0.220 e. The van der Waals surface area contributed by atoms with Crippen LogP contribution in [-0.4, -0.2) is 17.9 Å². The van der Waals surface area contributed by atoms with E-state index >= 15 is 0 Å². The minimum Gasteiger partial charge on any atom is -0.494 e. The molecule has 0 N–H and O–H groups in total. The Morgan fingerprint density at radius 1 is 1.38 bits per heavy atom. The van der Waals surface area contributed by atoms with Gasteiger partial charge in [-0.2, -0.15) is 5.26 Å². The highest BCUT2D eigenvalue weighted by molar-refractivity contribution is 5.89. The number of ether oxygens (including phenoxy) is 1. The Hall–Kier alpha value is -3.20. The fourth-order valence-corrected chi connectivity index (χ4v) is 2.40. The van der Waals surface area contributed by atoms with Gasteiger partial charge in [-0.05, 0) is 29.8 Å². The molecule has 0 saturated carbocycles. The molecule has 0 amide bonds. The third kappa shape index (κ3) is 2.97. The number of para-hydroxylation sites is 2. The minimum absolute atomic E-state index is 0.0534. The molecule has 0 aliphatic carbocycles. The van der Waals surface area contributed by atoms with Gasteiger partial charge in [-0.15, -0.1) is 0 Å². The molecule has 1 atom stereocenters. The average Bonchev–Trinajstić information content (AvgIpc) is 2.99. The predicted octanol–water partition coefficient (Wildman–Crippen LogP) is 3.39. The Kier molecular flexibility index (Phi) is 4.25. The molecule has 0 spiro atoms. The number of ketones is 1. The van der Waals surface area contributed by atoms with E-state index in [2.05, 4.69) is 4.98 Å². The summed E-state index contributed by atoms with van der Waals surface area (Å²) in [5.74, 6) is -1.95. The zero-order valence-corrected chi connectivity index (χ0v) is 12.8. The van der Waals surface area contributed by atoms with E-state index in [1.807, 2.05) is 6.07 Å². The van der Waals surface area contributed by atoms with Crippen molar-refractivity contribution in [3.8, 4) is 11.8 Å². The van der Waals surface area contributed by atoms with Crippen molar-refractivity contribution in [1.82, 2.24) is 4.98 Å². The first-order valence-electron chi connectivity index (χ1n) is 7.22. The lowest BCUT2D eigenvalue weighted by Gasteiger charge is -2.06. The van der Waals surface area contributed by atoms with Crippen molar-refractivity contribution in [2.75, 3.05) is 7.11 Å². The molecule has 3 rings (SSSR count). The van der Waals surface area contributed by atoms with E-state index in [4.69, 9.17) is 9.15 Å².